The molecule has 14 heavy (non-hydrogen) atoms. The van der Waals surface area contributed by atoms with Crippen LogP contribution in [0.5, 0.6) is 11.5 Å². The van der Waals surface area contributed by atoms with E-state index >= 15 is 0 Å². The molecule has 0 amide bonds. The Hall–Kier alpha value is -0.930. The summed E-state index contributed by atoms with van der Waals surface area (Å²) >= 11 is 10.9. The molecule has 76 valence electrons. The predicted octanol–water partition coefficient (Wildman–Crippen LogP) is 2.49. The molecule has 0 aliphatic rings. The SMILES string of the molecule is COc1ccc(OCC(=O)Cl)c(Cl)c1. The maximum atomic E-state index is 10.4. The molecule has 0 aromatic heterocycles. The van der Waals surface area contributed by atoms with Gasteiger partial charge in [-0.2, -0.15) is 0 Å². The minimum absolute atomic E-state index is 0.201. The molecule has 0 N–H and O–H groups in total. The van der Waals surface area contributed by atoms with Crippen LogP contribution in [-0.2, 0) is 4.79 Å². The maximum absolute atomic E-state index is 10.4. The number of benzene rings is 1. The minimum atomic E-state index is -0.572. The lowest BCUT2D eigenvalue weighted by atomic mass is 10.3. The van der Waals surface area contributed by atoms with Gasteiger partial charge in [-0.3, -0.25) is 4.79 Å². The number of ether oxygens (including phenoxy) is 2. The molecule has 0 unspecified atom stereocenters. The van der Waals surface area contributed by atoms with Gasteiger partial charge in [0.25, 0.3) is 5.24 Å². The summed E-state index contributed by atoms with van der Waals surface area (Å²) in [6.07, 6.45) is 0. The Morgan fingerprint density at radius 2 is 2.21 bits per heavy atom. The number of carbonyl (C=O) groups excluding carboxylic acids is 1. The molecule has 5 heteroatoms. The van der Waals surface area contributed by atoms with E-state index in [-0.39, 0.29) is 6.61 Å². The molecular weight excluding hydrogens is 227 g/mol. The summed E-state index contributed by atoms with van der Waals surface area (Å²) < 4.78 is 9.97. The van der Waals surface area contributed by atoms with Gasteiger partial charge in [-0.05, 0) is 23.7 Å². The third-order valence-corrected chi connectivity index (χ3v) is 1.88. The van der Waals surface area contributed by atoms with Gasteiger partial charge in [-0.1, -0.05) is 11.6 Å². The van der Waals surface area contributed by atoms with E-state index in [1.54, 1.807) is 18.2 Å². The highest BCUT2D eigenvalue weighted by atomic mass is 35.5. The second kappa shape index (κ2) is 5.08. The van der Waals surface area contributed by atoms with Gasteiger partial charge in [0.1, 0.15) is 11.5 Å². The van der Waals surface area contributed by atoms with Crippen LogP contribution in [-0.4, -0.2) is 19.0 Å². The van der Waals surface area contributed by atoms with E-state index in [1.165, 1.54) is 7.11 Å². The lowest BCUT2D eigenvalue weighted by Crippen LogP contribution is -2.04. The average molecular weight is 235 g/mol. The fraction of sp³-hybridized carbons (Fsp3) is 0.222. The van der Waals surface area contributed by atoms with Crippen molar-refractivity contribution in [2.75, 3.05) is 13.7 Å². The molecule has 0 atom stereocenters. The van der Waals surface area contributed by atoms with Crippen LogP contribution < -0.4 is 9.47 Å². The fourth-order valence-electron chi connectivity index (χ4n) is 0.860. The van der Waals surface area contributed by atoms with E-state index < -0.39 is 5.24 Å². The molecule has 0 saturated carbocycles. The third kappa shape index (κ3) is 3.09. The Bertz CT molecular complexity index is 339. The second-order valence-electron chi connectivity index (χ2n) is 2.44. The normalized spacial score (nSPS) is 9.64. The Morgan fingerprint density at radius 3 is 2.71 bits per heavy atom. The molecule has 0 heterocycles. The Labute approximate surface area is 91.5 Å². The van der Waals surface area contributed by atoms with Gasteiger partial charge in [0.15, 0.2) is 6.61 Å². The van der Waals surface area contributed by atoms with Crippen LogP contribution in [0.15, 0.2) is 18.2 Å². The fourth-order valence-corrected chi connectivity index (χ4v) is 1.14. The van der Waals surface area contributed by atoms with Crippen molar-refractivity contribution in [2.45, 2.75) is 0 Å². The van der Waals surface area contributed by atoms with Crippen LogP contribution in [0.25, 0.3) is 0 Å². The average Bonchev–Trinajstić information content (AvgIpc) is 2.15. The van der Waals surface area contributed by atoms with Gasteiger partial charge in [0, 0.05) is 6.07 Å². The lowest BCUT2D eigenvalue weighted by molar-refractivity contribution is -0.113. The van der Waals surface area contributed by atoms with Gasteiger partial charge >= 0.3 is 0 Å². The molecule has 0 fully saturated rings. The standard InChI is InChI=1S/C9H8Cl2O3/c1-13-6-2-3-8(7(10)4-6)14-5-9(11)12/h2-4H,5H2,1H3. The summed E-state index contributed by atoms with van der Waals surface area (Å²) in [5, 5.41) is -0.195. The molecule has 0 spiro atoms. The third-order valence-electron chi connectivity index (χ3n) is 1.48. The van der Waals surface area contributed by atoms with Crippen molar-refractivity contribution in [2.24, 2.45) is 0 Å². The molecule has 0 saturated heterocycles. The van der Waals surface area contributed by atoms with Crippen LogP contribution in [0.1, 0.15) is 0 Å². The maximum Gasteiger partial charge on any atom is 0.259 e. The summed E-state index contributed by atoms with van der Waals surface area (Å²) in [5.41, 5.74) is 0. The van der Waals surface area contributed by atoms with Crippen molar-refractivity contribution in [1.29, 1.82) is 0 Å². The van der Waals surface area contributed by atoms with Crippen molar-refractivity contribution in [3.05, 3.63) is 23.2 Å². The first kappa shape index (κ1) is 11.1. The number of hydrogen-bond acceptors (Lipinski definition) is 3. The molecule has 3 nitrogen and oxygen atoms in total. The smallest absolute Gasteiger partial charge is 0.259 e. The summed E-state index contributed by atoms with van der Waals surface area (Å²) in [6.45, 7) is -0.201. The van der Waals surface area contributed by atoms with E-state index in [2.05, 4.69) is 0 Å². The zero-order valence-electron chi connectivity index (χ0n) is 7.42. The molecule has 0 aliphatic carbocycles. The van der Waals surface area contributed by atoms with Crippen molar-refractivity contribution in [1.82, 2.24) is 0 Å². The number of halogens is 2. The Kier molecular flexibility index (Phi) is 4.04. The van der Waals surface area contributed by atoms with Crippen molar-refractivity contribution in [3.63, 3.8) is 0 Å². The number of carbonyl (C=O) groups is 1. The van der Waals surface area contributed by atoms with Gasteiger partial charge in [-0.25, -0.2) is 0 Å². The topological polar surface area (TPSA) is 35.5 Å². The molecule has 0 bridgehead atoms. The first-order chi connectivity index (χ1) is 6.63. The highest BCUT2D eigenvalue weighted by Crippen LogP contribution is 2.28. The first-order valence-corrected chi connectivity index (χ1v) is 4.53. The van der Waals surface area contributed by atoms with E-state index in [0.29, 0.717) is 16.5 Å². The van der Waals surface area contributed by atoms with Gasteiger partial charge < -0.3 is 9.47 Å². The molecule has 1 rings (SSSR count). The van der Waals surface area contributed by atoms with Crippen molar-refractivity contribution in [3.8, 4) is 11.5 Å². The van der Waals surface area contributed by atoms with Gasteiger partial charge in [0.05, 0.1) is 12.1 Å². The van der Waals surface area contributed by atoms with Crippen molar-refractivity contribution >= 4 is 28.4 Å². The quantitative estimate of drug-likeness (QED) is 0.752. The van der Waals surface area contributed by atoms with Gasteiger partial charge in [0.2, 0.25) is 0 Å². The zero-order chi connectivity index (χ0) is 10.6. The van der Waals surface area contributed by atoms with E-state index in [4.69, 9.17) is 32.7 Å². The van der Waals surface area contributed by atoms with Crippen LogP contribution in [0, 0.1) is 0 Å². The molecule has 0 aliphatic heterocycles. The molecule has 1 aromatic carbocycles. The highest BCUT2D eigenvalue weighted by Gasteiger charge is 2.04. The van der Waals surface area contributed by atoms with E-state index in [1.807, 2.05) is 0 Å². The Morgan fingerprint density at radius 1 is 1.50 bits per heavy atom. The first-order valence-electron chi connectivity index (χ1n) is 3.78. The molecule has 1 aromatic rings. The minimum Gasteiger partial charge on any atom is -0.497 e. The number of methoxy groups -OCH3 is 1. The van der Waals surface area contributed by atoms with Crippen LogP contribution in [0.4, 0.5) is 0 Å². The van der Waals surface area contributed by atoms with E-state index in [9.17, 15) is 4.79 Å². The largest absolute Gasteiger partial charge is 0.497 e. The molecule has 0 radical (unpaired) electrons. The van der Waals surface area contributed by atoms with E-state index in [0.717, 1.165) is 0 Å². The summed E-state index contributed by atoms with van der Waals surface area (Å²) in [5.74, 6) is 1.03. The summed E-state index contributed by atoms with van der Waals surface area (Å²) in [4.78, 5) is 10.4. The molecular formula is C9H8Cl2O3. The predicted molar refractivity (Wildman–Crippen MR) is 54.4 cm³/mol. The lowest BCUT2D eigenvalue weighted by Gasteiger charge is -2.06. The van der Waals surface area contributed by atoms with Gasteiger partial charge in [-0.15, -0.1) is 0 Å². The second-order valence-corrected chi connectivity index (χ2v) is 3.27. The summed E-state index contributed by atoms with van der Waals surface area (Å²) in [7, 11) is 1.54. The van der Waals surface area contributed by atoms with Crippen LogP contribution >= 0.6 is 23.2 Å². The highest BCUT2D eigenvalue weighted by molar-refractivity contribution is 6.63. The zero-order valence-corrected chi connectivity index (χ0v) is 8.93. The number of rotatable bonds is 4. The van der Waals surface area contributed by atoms with Crippen molar-refractivity contribution < 1.29 is 14.3 Å². The van der Waals surface area contributed by atoms with Crippen LogP contribution in [0.2, 0.25) is 5.02 Å². The Balaban J connectivity index is 2.73. The monoisotopic (exact) mass is 234 g/mol. The number of hydrogen-bond donors (Lipinski definition) is 0. The van der Waals surface area contributed by atoms with Crippen LogP contribution in [0.3, 0.4) is 0 Å². The summed E-state index contributed by atoms with van der Waals surface area (Å²) in [6, 6.07) is 4.89.